The molecular weight excluding hydrogens is 417 g/mol. The zero-order valence-electron chi connectivity index (χ0n) is 19.9. The van der Waals surface area contributed by atoms with E-state index in [2.05, 4.69) is 13.8 Å². The number of alkyl halides is 3. The van der Waals surface area contributed by atoms with Gasteiger partial charge < -0.3 is 15.3 Å². The van der Waals surface area contributed by atoms with Crippen molar-refractivity contribution in [1.29, 1.82) is 0 Å². The molecule has 0 bridgehead atoms. The molecule has 0 heterocycles. The molecule has 0 aliphatic heterocycles. The van der Waals surface area contributed by atoms with Gasteiger partial charge in [0.25, 0.3) is 0 Å². The van der Waals surface area contributed by atoms with Gasteiger partial charge in [-0.2, -0.15) is 13.2 Å². The number of fused-ring (bicyclic) bond motifs is 5. The molecule has 4 rings (SSSR count). The maximum Gasteiger partial charge on any atom is 0.420 e. The smallest absolute Gasteiger partial charge is 0.393 e. The Morgan fingerprint density at radius 1 is 0.906 bits per heavy atom. The lowest BCUT2D eigenvalue weighted by Crippen LogP contribution is -2.58. The van der Waals surface area contributed by atoms with Gasteiger partial charge in [-0.15, -0.1) is 0 Å². The van der Waals surface area contributed by atoms with Crippen LogP contribution in [-0.4, -0.2) is 39.3 Å². The predicted molar refractivity (Wildman–Crippen MR) is 118 cm³/mol. The predicted octanol–water partition coefficient (Wildman–Crippen LogP) is 5.48. The van der Waals surface area contributed by atoms with E-state index in [4.69, 9.17) is 0 Å². The summed E-state index contributed by atoms with van der Waals surface area (Å²) in [6.45, 7) is 7.46. The molecule has 3 nitrogen and oxygen atoms in total. The van der Waals surface area contributed by atoms with Gasteiger partial charge >= 0.3 is 6.18 Å². The highest BCUT2D eigenvalue weighted by atomic mass is 19.4. The second kappa shape index (κ2) is 7.98. The summed E-state index contributed by atoms with van der Waals surface area (Å²) in [7, 11) is 0. The quantitative estimate of drug-likeness (QED) is 0.491. The normalized spacial score (nSPS) is 49.8. The summed E-state index contributed by atoms with van der Waals surface area (Å²) in [6.07, 6.45) is 4.64. The number of allylic oxidation sites excluding steroid dienone is 1. The summed E-state index contributed by atoms with van der Waals surface area (Å²) in [6, 6.07) is 0. The van der Waals surface area contributed by atoms with Crippen LogP contribution in [0.3, 0.4) is 0 Å². The highest BCUT2D eigenvalue weighted by Crippen LogP contribution is 2.68. The van der Waals surface area contributed by atoms with Crippen molar-refractivity contribution in [2.24, 2.45) is 46.3 Å². The van der Waals surface area contributed by atoms with Crippen molar-refractivity contribution < 1.29 is 28.5 Å². The second-order valence-corrected chi connectivity index (χ2v) is 12.3. The molecule has 0 aromatic rings. The van der Waals surface area contributed by atoms with Crippen molar-refractivity contribution in [2.45, 2.75) is 103 Å². The van der Waals surface area contributed by atoms with E-state index in [0.29, 0.717) is 24.2 Å². The molecule has 4 aliphatic carbocycles. The number of aliphatic hydroxyl groups excluding tert-OH is 2. The Morgan fingerprint density at radius 3 is 2.19 bits per heavy atom. The molecule has 4 saturated carbocycles. The first-order valence-corrected chi connectivity index (χ1v) is 12.6. The third-order valence-electron chi connectivity index (χ3n) is 10.7. The highest BCUT2D eigenvalue weighted by molar-refractivity contribution is 5.13. The summed E-state index contributed by atoms with van der Waals surface area (Å²) < 4.78 is 39.2. The van der Waals surface area contributed by atoms with Crippen molar-refractivity contribution in [1.82, 2.24) is 0 Å². The number of halogens is 3. The number of hydrogen-bond donors (Lipinski definition) is 3. The zero-order chi connectivity index (χ0) is 23.7. The van der Waals surface area contributed by atoms with E-state index in [9.17, 15) is 28.5 Å². The maximum atomic E-state index is 13.1. The maximum absolute atomic E-state index is 13.1. The van der Waals surface area contributed by atoms with Gasteiger partial charge in [0.05, 0.1) is 12.2 Å². The van der Waals surface area contributed by atoms with E-state index in [1.54, 1.807) is 6.08 Å². The minimum atomic E-state index is -4.68. The van der Waals surface area contributed by atoms with Crippen LogP contribution in [0.5, 0.6) is 0 Å². The lowest BCUT2D eigenvalue weighted by atomic mass is 9.44. The fourth-order valence-electron chi connectivity index (χ4n) is 8.75. The molecule has 0 aromatic heterocycles. The molecule has 184 valence electrons. The van der Waals surface area contributed by atoms with Crippen molar-refractivity contribution in [3.63, 3.8) is 0 Å². The van der Waals surface area contributed by atoms with Gasteiger partial charge in [-0.3, -0.25) is 0 Å². The number of rotatable bonds is 3. The zero-order valence-corrected chi connectivity index (χ0v) is 19.9. The average molecular weight is 459 g/mol. The highest BCUT2D eigenvalue weighted by Gasteiger charge is 2.62. The van der Waals surface area contributed by atoms with Crippen LogP contribution in [0, 0.1) is 46.3 Å². The first-order valence-electron chi connectivity index (χ1n) is 12.6. The van der Waals surface area contributed by atoms with Crippen LogP contribution < -0.4 is 0 Å². The van der Waals surface area contributed by atoms with Gasteiger partial charge in [-0.1, -0.05) is 26.8 Å². The lowest BCUT2D eigenvalue weighted by Gasteiger charge is -2.62. The molecule has 4 aliphatic rings. The molecule has 4 fully saturated rings. The fraction of sp³-hybridized carbons (Fsp3) is 0.923. The van der Waals surface area contributed by atoms with E-state index >= 15 is 0 Å². The molecule has 32 heavy (non-hydrogen) atoms. The van der Waals surface area contributed by atoms with E-state index in [1.807, 2.05) is 6.92 Å². The third kappa shape index (κ3) is 3.76. The first-order chi connectivity index (χ1) is 14.7. The van der Waals surface area contributed by atoms with Crippen LogP contribution >= 0.6 is 0 Å². The van der Waals surface area contributed by atoms with Crippen LogP contribution in [0.25, 0.3) is 0 Å². The van der Waals surface area contributed by atoms with Gasteiger partial charge in [0.1, 0.15) is 0 Å². The molecule has 0 spiro atoms. The molecule has 0 saturated heterocycles. The Morgan fingerprint density at radius 2 is 1.53 bits per heavy atom. The molecule has 6 heteroatoms. The summed E-state index contributed by atoms with van der Waals surface area (Å²) >= 11 is 0. The molecule has 11 atom stereocenters. The van der Waals surface area contributed by atoms with E-state index in [-0.39, 0.29) is 40.8 Å². The monoisotopic (exact) mass is 458 g/mol. The van der Waals surface area contributed by atoms with Crippen LogP contribution in [0.15, 0.2) is 12.2 Å². The summed E-state index contributed by atoms with van der Waals surface area (Å²) in [4.78, 5) is 0. The molecule has 0 aromatic carbocycles. The largest absolute Gasteiger partial charge is 0.420 e. The van der Waals surface area contributed by atoms with Crippen LogP contribution in [0.1, 0.15) is 79.1 Å². The lowest BCUT2D eigenvalue weighted by molar-refractivity contribution is -0.232. The molecule has 0 amide bonds. The third-order valence-corrected chi connectivity index (χ3v) is 10.7. The molecule has 0 radical (unpaired) electrons. The van der Waals surface area contributed by atoms with E-state index < -0.39 is 11.8 Å². The fourth-order valence-corrected chi connectivity index (χ4v) is 8.75. The standard InChI is InChI=1S/C26H41F3O3/c1-15(7-12-25(4,32)26(27,28)29)18-5-6-19-17-14-22(31)21-13-16(30)8-10-24(21,3)20(17)9-11-23(18,19)2/h7,12,15-22,30-32H,5-6,8-11,13-14H2,1-4H3/b12-7+/t15?,16-,17?,18?,19?,20?,21+,22+,23?,24?,25?/m1/s1. The molecule has 8 unspecified atom stereocenters. The molecule has 3 N–H and O–H groups in total. The van der Waals surface area contributed by atoms with E-state index in [1.165, 1.54) is 0 Å². The second-order valence-electron chi connectivity index (χ2n) is 12.3. The minimum absolute atomic E-state index is 0.0444. The van der Waals surface area contributed by atoms with Crippen molar-refractivity contribution in [3.8, 4) is 0 Å². The SMILES string of the molecule is CC(/C=C/C(C)(O)C(F)(F)F)C1CCC2C3C[C@H](O)[C@@H]4C[C@H](O)CCC4(C)C3CCC12C. The van der Waals surface area contributed by atoms with Crippen LogP contribution in [0.4, 0.5) is 13.2 Å². The van der Waals surface area contributed by atoms with Crippen molar-refractivity contribution >= 4 is 0 Å². The van der Waals surface area contributed by atoms with Gasteiger partial charge in [0.2, 0.25) is 0 Å². The van der Waals surface area contributed by atoms with Crippen molar-refractivity contribution in [3.05, 3.63) is 12.2 Å². The Labute approximate surface area is 190 Å². The summed E-state index contributed by atoms with van der Waals surface area (Å²) in [5, 5.41) is 31.1. The first kappa shape index (κ1) is 24.5. The summed E-state index contributed by atoms with van der Waals surface area (Å²) in [5.74, 6) is 1.88. The van der Waals surface area contributed by atoms with Gasteiger partial charge in [0, 0.05) is 0 Å². The van der Waals surface area contributed by atoms with Crippen molar-refractivity contribution in [2.75, 3.05) is 0 Å². The summed E-state index contributed by atoms with van der Waals surface area (Å²) in [5.41, 5.74) is -2.69. The van der Waals surface area contributed by atoms with E-state index in [0.717, 1.165) is 57.9 Å². The Bertz CT molecular complexity index is 734. The van der Waals surface area contributed by atoms with Gasteiger partial charge in [0.15, 0.2) is 5.60 Å². The van der Waals surface area contributed by atoms with Crippen LogP contribution in [-0.2, 0) is 0 Å². The topological polar surface area (TPSA) is 60.7 Å². The minimum Gasteiger partial charge on any atom is -0.393 e. The van der Waals surface area contributed by atoms with Gasteiger partial charge in [-0.25, -0.2) is 0 Å². The Balaban J connectivity index is 1.54. The Hall–Kier alpha value is -0.590. The van der Waals surface area contributed by atoms with Crippen LogP contribution in [0.2, 0.25) is 0 Å². The molecular formula is C26H41F3O3. The average Bonchev–Trinajstić information content (AvgIpc) is 3.04. The number of aliphatic hydroxyl groups is 3. The Kier molecular flexibility index (Phi) is 6.12. The van der Waals surface area contributed by atoms with Gasteiger partial charge in [-0.05, 0) is 111 Å². The number of hydrogen-bond acceptors (Lipinski definition) is 3.